The minimum atomic E-state index is -0.930. The molecule has 30 heavy (non-hydrogen) atoms. The predicted octanol–water partition coefficient (Wildman–Crippen LogP) is 2.70. The molecule has 0 saturated carbocycles. The quantitative estimate of drug-likeness (QED) is 0.518. The molecule has 1 fully saturated rings. The van der Waals surface area contributed by atoms with Crippen LogP contribution < -0.4 is 4.90 Å². The van der Waals surface area contributed by atoms with Crippen LogP contribution in [0.4, 0.5) is 5.69 Å². The van der Waals surface area contributed by atoms with E-state index in [1.165, 1.54) is 19.1 Å². The van der Waals surface area contributed by atoms with Crippen molar-refractivity contribution < 1.29 is 23.9 Å². The summed E-state index contributed by atoms with van der Waals surface area (Å²) < 4.78 is 10.5. The molecule has 0 bridgehead atoms. The average molecular weight is 410 g/mol. The monoisotopic (exact) mass is 410 g/mol. The molecule has 1 aliphatic rings. The minimum Gasteiger partial charge on any atom is -0.354 e. The second-order valence-electron chi connectivity index (χ2n) is 7.35. The second kappa shape index (κ2) is 9.19. The van der Waals surface area contributed by atoms with E-state index in [0.717, 1.165) is 16.0 Å². The summed E-state index contributed by atoms with van der Waals surface area (Å²) in [6.45, 7) is 3.87. The normalized spacial score (nSPS) is 16.4. The fourth-order valence-corrected chi connectivity index (χ4v) is 3.44. The number of anilines is 1. The average Bonchev–Trinajstić information content (AvgIpc) is 3.03. The lowest BCUT2D eigenvalue weighted by Crippen LogP contribution is -2.49. The molecule has 1 saturated heterocycles. The number of hydrogen-bond acceptors (Lipinski definition) is 5. The Bertz CT molecular complexity index is 920. The van der Waals surface area contributed by atoms with Crippen molar-refractivity contribution in [2.24, 2.45) is 0 Å². The van der Waals surface area contributed by atoms with Crippen LogP contribution in [-0.4, -0.2) is 55.7 Å². The Morgan fingerprint density at radius 2 is 1.53 bits per heavy atom. The molecule has 0 aliphatic carbocycles. The third kappa shape index (κ3) is 4.42. The van der Waals surface area contributed by atoms with Gasteiger partial charge in [0.2, 0.25) is 5.91 Å². The van der Waals surface area contributed by atoms with Gasteiger partial charge in [0.1, 0.15) is 6.04 Å². The zero-order valence-electron chi connectivity index (χ0n) is 17.6. The first kappa shape index (κ1) is 21.7. The Balaban J connectivity index is 1.93. The van der Waals surface area contributed by atoms with Crippen molar-refractivity contribution in [3.63, 3.8) is 0 Å². The zero-order chi connectivity index (χ0) is 21.8. The maximum atomic E-state index is 13.3. The highest BCUT2D eigenvalue weighted by Crippen LogP contribution is 2.27. The molecular formula is C23H26N2O5. The fraction of sp³-hybridized carbons (Fsp3) is 0.348. The van der Waals surface area contributed by atoms with Gasteiger partial charge in [0.25, 0.3) is 11.8 Å². The Labute approximate surface area is 176 Å². The largest absolute Gasteiger partial charge is 0.354 e. The number of carbonyl (C=O) groups excluding carboxylic acids is 3. The molecule has 1 atom stereocenters. The van der Waals surface area contributed by atoms with E-state index in [9.17, 15) is 14.4 Å². The zero-order valence-corrected chi connectivity index (χ0v) is 17.6. The summed E-state index contributed by atoms with van der Waals surface area (Å²) in [6.07, 6.45) is -0.819. The van der Waals surface area contributed by atoms with Crippen LogP contribution in [0.1, 0.15) is 27.9 Å². The van der Waals surface area contributed by atoms with Crippen LogP contribution in [0.15, 0.2) is 48.5 Å². The van der Waals surface area contributed by atoms with E-state index < -0.39 is 18.2 Å². The molecule has 2 aromatic carbocycles. The first-order chi connectivity index (χ1) is 14.3. The van der Waals surface area contributed by atoms with Crippen LogP contribution in [0.2, 0.25) is 0 Å². The van der Waals surface area contributed by atoms with Gasteiger partial charge in [-0.1, -0.05) is 35.4 Å². The lowest BCUT2D eigenvalue weighted by Gasteiger charge is -2.30. The summed E-state index contributed by atoms with van der Waals surface area (Å²) >= 11 is 0. The van der Waals surface area contributed by atoms with Crippen molar-refractivity contribution in [2.45, 2.75) is 32.6 Å². The highest BCUT2D eigenvalue weighted by atomic mass is 16.7. The number of rotatable bonds is 7. The van der Waals surface area contributed by atoms with E-state index in [2.05, 4.69) is 0 Å². The van der Waals surface area contributed by atoms with E-state index in [1.807, 2.05) is 38.1 Å². The van der Waals surface area contributed by atoms with Gasteiger partial charge in [0.15, 0.2) is 6.29 Å². The number of imide groups is 1. The second-order valence-corrected chi connectivity index (χ2v) is 7.35. The number of amides is 3. The molecule has 7 nitrogen and oxygen atoms in total. The van der Waals surface area contributed by atoms with E-state index in [4.69, 9.17) is 9.47 Å². The molecule has 3 rings (SSSR count). The molecular weight excluding hydrogens is 384 g/mol. The number of benzene rings is 2. The molecule has 2 aromatic rings. The van der Waals surface area contributed by atoms with Gasteiger partial charge in [0, 0.05) is 19.8 Å². The van der Waals surface area contributed by atoms with Crippen LogP contribution in [0.5, 0.6) is 0 Å². The third-order valence-corrected chi connectivity index (χ3v) is 5.22. The topological polar surface area (TPSA) is 76.2 Å². The van der Waals surface area contributed by atoms with E-state index in [0.29, 0.717) is 11.3 Å². The first-order valence-electron chi connectivity index (χ1n) is 9.72. The van der Waals surface area contributed by atoms with Gasteiger partial charge >= 0.3 is 0 Å². The Hall–Kier alpha value is -3.03. The van der Waals surface area contributed by atoms with Gasteiger partial charge < -0.3 is 14.4 Å². The first-order valence-corrected chi connectivity index (χ1v) is 9.72. The van der Waals surface area contributed by atoms with Crippen molar-refractivity contribution in [3.05, 3.63) is 65.2 Å². The summed E-state index contributed by atoms with van der Waals surface area (Å²) in [5.74, 6) is -1.14. The predicted molar refractivity (Wildman–Crippen MR) is 112 cm³/mol. The van der Waals surface area contributed by atoms with Crippen LogP contribution in [0, 0.1) is 13.8 Å². The molecule has 0 radical (unpaired) electrons. The molecule has 1 unspecified atom stereocenters. The number of hydrogen-bond donors (Lipinski definition) is 0. The van der Waals surface area contributed by atoms with Crippen molar-refractivity contribution in [1.29, 1.82) is 0 Å². The lowest BCUT2D eigenvalue weighted by molar-refractivity contribution is -0.128. The molecule has 158 valence electrons. The number of aryl methyl sites for hydroxylation is 2. The standard InChI is InChI=1S/C23H26N2O5/c1-15-5-9-17(10-6-15)22(27)24(14-21(29-3)30-4)19-13-20(26)25(23(19)28)18-11-7-16(2)8-12-18/h5-12,19,21H,13-14H2,1-4H3. The number of methoxy groups -OCH3 is 2. The van der Waals surface area contributed by atoms with Crippen LogP contribution in [0.25, 0.3) is 0 Å². The van der Waals surface area contributed by atoms with Crippen molar-refractivity contribution in [1.82, 2.24) is 4.90 Å². The van der Waals surface area contributed by atoms with Gasteiger partial charge in [-0.15, -0.1) is 0 Å². The molecule has 0 aromatic heterocycles. The number of ether oxygens (including phenoxy) is 2. The van der Waals surface area contributed by atoms with Gasteiger partial charge in [-0.2, -0.15) is 0 Å². The molecule has 0 N–H and O–H groups in total. The molecule has 3 amide bonds. The summed E-state index contributed by atoms with van der Waals surface area (Å²) in [6, 6.07) is 13.3. The van der Waals surface area contributed by atoms with E-state index >= 15 is 0 Å². The SMILES string of the molecule is COC(CN(C(=O)c1ccc(C)cc1)C1CC(=O)N(c2ccc(C)cc2)C1=O)OC. The van der Waals surface area contributed by atoms with Gasteiger partial charge in [-0.05, 0) is 38.1 Å². The highest BCUT2D eigenvalue weighted by Gasteiger charge is 2.45. The minimum absolute atomic E-state index is 0.0190. The molecule has 1 heterocycles. The Morgan fingerprint density at radius 1 is 1.00 bits per heavy atom. The van der Waals surface area contributed by atoms with E-state index in [1.54, 1.807) is 24.3 Å². The maximum absolute atomic E-state index is 13.3. The van der Waals surface area contributed by atoms with Gasteiger partial charge in [-0.25, -0.2) is 4.90 Å². The maximum Gasteiger partial charge on any atom is 0.257 e. The summed E-state index contributed by atoms with van der Waals surface area (Å²) in [5, 5.41) is 0. The molecule has 1 aliphatic heterocycles. The van der Waals surface area contributed by atoms with Crippen molar-refractivity contribution >= 4 is 23.4 Å². The number of carbonyl (C=O) groups is 3. The van der Waals surface area contributed by atoms with Crippen LogP contribution >= 0.6 is 0 Å². The highest BCUT2D eigenvalue weighted by molar-refractivity contribution is 6.23. The Kier molecular flexibility index (Phi) is 6.64. The van der Waals surface area contributed by atoms with Crippen molar-refractivity contribution in [2.75, 3.05) is 25.7 Å². The van der Waals surface area contributed by atoms with Gasteiger partial charge in [-0.3, -0.25) is 14.4 Å². The third-order valence-electron chi connectivity index (χ3n) is 5.22. The fourth-order valence-electron chi connectivity index (χ4n) is 3.44. The van der Waals surface area contributed by atoms with Crippen LogP contribution in [-0.2, 0) is 19.1 Å². The molecule has 7 heteroatoms. The number of nitrogens with zero attached hydrogens (tertiary/aromatic N) is 2. The molecule has 0 spiro atoms. The summed E-state index contributed by atoms with van der Waals surface area (Å²) in [5.41, 5.74) is 2.97. The summed E-state index contributed by atoms with van der Waals surface area (Å²) in [4.78, 5) is 41.7. The lowest BCUT2D eigenvalue weighted by atomic mass is 10.1. The summed E-state index contributed by atoms with van der Waals surface area (Å²) in [7, 11) is 2.92. The van der Waals surface area contributed by atoms with Crippen LogP contribution in [0.3, 0.4) is 0 Å². The van der Waals surface area contributed by atoms with Gasteiger partial charge in [0.05, 0.1) is 18.7 Å². The Morgan fingerprint density at radius 3 is 2.07 bits per heavy atom. The van der Waals surface area contributed by atoms with E-state index in [-0.39, 0.29) is 24.8 Å². The smallest absolute Gasteiger partial charge is 0.257 e. The van der Waals surface area contributed by atoms with Crippen molar-refractivity contribution in [3.8, 4) is 0 Å².